The predicted octanol–water partition coefficient (Wildman–Crippen LogP) is 4.76. The van der Waals surface area contributed by atoms with Crippen molar-refractivity contribution in [1.29, 1.82) is 0 Å². The lowest BCUT2D eigenvalue weighted by atomic mass is 9.47. The van der Waals surface area contributed by atoms with E-state index in [0.717, 1.165) is 31.1 Å². The molecule has 1 aromatic heterocycles. The number of allylic oxidation sites excluding steroid dienone is 3. The van der Waals surface area contributed by atoms with Crippen molar-refractivity contribution < 1.29 is 9.53 Å². The highest BCUT2D eigenvalue weighted by Crippen LogP contribution is 2.66. The maximum atomic E-state index is 11.4. The smallest absolute Gasteiger partial charge is 0.302 e. The van der Waals surface area contributed by atoms with E-state index in [9.17, 15) is 4.79 Å². The number of hydrogen-bond donors (Lipinski definition) is 0. The molecule has 156 valence electrons. The number of hydrogen-bond acceptors (Lipinski definition) is 3. The molecule has 0 spiro atoms. The van der Waals surface area contributed by atoms with Gasteiger partial charge >= 0.3 is 5.97 Å². The van der Waals surface area contributed by atoms with E-state index in [0.29, 0.717) is 11.5 Å². The number of rotatable bonds is 2. The van der Waals surface area contributed by atoms with Gasteiger partial charge in [0.2, 0.25) is 0 Å². The molecule has 0 amide bonds. The second-order valence-corrected chi connectivity index (χ2v) is 10.5. The maximum absolute atomic E-state index is 11.4. The summed E-state index contributed by atoms with van der Waals surface area (Å²) >= 11 is 0. The zero-order valence-corrected chi connectivity index (χ0v) is 18.5. The lowest BCUT2D eigenvalue weighted by Crippen LogP contribution is -2.50. The van der Waals surface area contributed by atoms with Crippen molar-refractivity contribution in [2.24, 2.45) is 28.6 Å². The van der Waals surface area contributed by atoms with Gasteiger partial charge in [0, 0.05) is 19.5 Å². The fraction of sp³-hybridized carbons (Fsp3) is 0.615. The van der Waals surface area contributed by atoms with Crippen LogP contribution in [-0.2, 0) is 9.53 Å². The monoisotopic (exact) mass is 401 g/mol. The summed E-state index contributed by atoms with van der Waals surface area (Å²) in [5, 5.41) is 0. The van der Waals surface area contributed by atoms with E-state index < -0.39 is 0 Å². The predicted molar refractivity (Wildman–Crippen MR) is 120 cm³/mol. The van der Waals surface area contributed by atoms with Gasteiger partial charge in [0.05, 0.1) is 0 Å². The van der Waals surface area contributed by atoms with E-state index in [-0.39, 0.29) is 22.9 Å². The van der Waals surface area contributed by atoms with Crippen molar-refractivity contribution in [2.75, 3.05) is 0 Å². The van der Waals surface area contributed by atoms with Crippen LogP contribution >= 0.6 is 0 Å². The Morgan fingerprint density at radius 3 is 2.63 bits per heavy atom. The molecule has 5 rings (SSSR count). The summed E-state index contributed by atoms with van der Waals surface area (Å²) in [7, 11) is 5.83. The van der Waals surface area contributed by atoms with Crippen LogP contribution in [0.2, 0.25) is 0 Å². The fourth-order valence-corrected chi connectivity index (χ4v) is 7.54. The van der Waals surface area contributed by atoms with Crippen LogP contribution in [0.15, 0.2) is 36.1 Å². The first-order chi connectivity index (χ1) is 14.3. The van der Waals surface area contributed by atoms with Gasteiger partial charge in [-0.15, -0.1) is 0 Å². The Labute approximate surface area is 181 Å². The molecule has 2 fully saturated rings. The molecule has 0 N–H and O–H groups in total. The van der Waals surface area contributed by atoms with Crippen LogP contribution in [-0.4, -0.2) is 24.9 Å². The summed E-state index contributed by atoms with van der Waals surface area (Å²) in [4.78, 5) is 15.8. The number of nitrogens with zero attached hydrogens (tertiary/aromatic N) is 1. The number of esters is 1. The topological polar surface area (TPSA) is 39.2 Å². The first kappa shape index (κ1) is 20.1. The number of carbonyl (C=O) groups is 1. The Balaban J connectivity index is 1.40. The van der Waals surface area contributed by atoms with Crippen molar-refractivity contribution in [3.8, 4) is 0 Å². The van der Waals surface area contributed by atoms with Gasteiger partial charge in [-0.1, -0.05) is 43.7 Å². The Hall–Kier alpha value is -1.84. The Kier molecular flexibility index (Phi) is 4.76. The molecule has 3 nitrogen and oxygen atoms in total. The van der Waals surface area contributed by atoms with Gasteiger partial charge in [-0.05, 0) is 83.8 Å². The van der Waals surface area contributed by atoms with Crippen LogP contribution < -0.4 is 5.59 Å². The SMILES string of the molecule is [B]c1ccc(C2=CCC3C4CC=C5C[C@@H](OC(C)=O)CC[C@]5(C)C4CC[C@]23C)cn1. The summed E-state index contributed by atoms with van der Waals surface area (Å²) in [6.07, 6.45) is 15.0. The number of fused-ring (bicyclic) bond motifs is 5. The lowest BCUT2D eigenvalue weighted by molar-refractivity contribution is -0.148. The minimum absolute atomic E-state index is 0.0741. The van der Waals surface area contributed by atoms with E-state index in [1.54, 1.807) is 5.57 Å². The zero-order chi connectivity index (χ0) is 21.1. The molecular formula is C26H32BNO2. The molecule has 1 heterocycles. The molecule has 0 saturated heterocycles. The van der Waals surface area contributed by atoms with Crippen molar-refractivity contribution in [2.45, 2.75) is 71.8 Å². The van der Waals surface area contributed by atoms with Crippen LogP contribution in [0.3, 0.4) is 0 Å². The van der Waals surface area contributed by atoms with E-state index in [1.807, 2.05) is 12.3 Å². The van der Waals surface area contributed by atoms with Crippen molar-refractivity contribution in [3.05, 3.63) is 41.6 Å². The third kappa shape index (κ3) is 3.01. The minimum Gasteiger partial charge on any atom is -0.462 e. The third-order valence-corrected chi connectivity index (χ3v) is 9.07. The number of aromatic nitrogens is 1. The molecular weight excluding hydrogens is 369 g/mol. The molecule has 4 aliphatic rings. The molecule has 0 aromatic carbocycles. The Morgan fingerprint density at radius 2 is 1.90 bits per heavy atom. The Morgan fingerprint density at radius 1 is 1.10 bits per heavy atom. The summed E-state index contributed by atoms with van der Waals surface area (Å²) in [6.45, 7) is 6.51. The van der Waals surface area contributed by atoms with Gasteiger partial charge in [0.15, 0.2) is 0 Å². The van der Waals surface area contributed by atoms with E-state index in [4.69, 9.17) is 12.6 Å². The average molecular weight is 401 g/mol. The molecule has 30 heavy (non-hydrogen) atoms. The largest absolute Gasteiger partial charge is 0.462 e. The molecule has 2 saturated carbocycles. The van der Waals surface area contributed by atoms with Crippen LogP contribution in [0.25, 0.3) is 5.57 Å². The summed E-state index contributed by atoms with van der Waals surface area (Å²) in [5.74, 6) is 2.03. The molecule has 4 heteroatoms. The van der Waals surface area contributed by atoms with Crippen LogP contribution in [0, 0.1) is 28.6 Å². The van der Waals surface area contributed by atoms with Crippen molar-refractivity contribution in [3.63, 3.8) is 0 Å². The van der Waals surface area contributed by atoms with E-state index in [2.05, 4.69) is 37.0 Å². The summed E-state index contributed by atoms with van der Waals surface area (Å²) in [5.41, 5.74) is 5.37. The number of carbonyl (C=O) groups excluding carboxylic acids is 1. The minimum atomic E-state index is -0.145. The standard InChI is InChI=1S/C26H32BNO2/c1-16(29)30-19-10-12-25(2)18(14-19)5-6-20-22-8-7-21(17-4-9-24(27)28-15-17)26(22,3)13-11-23(20)25/h4-5,7,9,15,19-20,22-23H,6,8,10-14H2,1-3H3/t19-,20?,22?,23?,25-,26+/m0/s1. The zero-order valence-electron chi connectivity index (χ0n) is 18.5. The van der Waals surface area contributed by atoms with Crippen molar-refractivity contribution >= 4 is 25.0 Å². The number of ether oxygens (including phenoxy) is 1. The summed E-state index contributed by atoms with van der Waals surface area (Å²) < 4.78 is 5.58. The highest BCUT2D eigenvalue weighted by atomic mass is 16.5. The Bertz CT molecular complexity index is 919. The van der Waals surface area contributed by atoms with Gasteiger partial charge in [-0.25, -0.2) is 0 Å². The molecule has 3 unspecified atom stereocenters. The van der Waals surface area contributed by atoms with Gasteiger partial charge in [-0.3, -0.25) is 9.78 Å². The second-order valence-electron chi connectivity index (χ2n) is 10.5. The first-order valence-corrected chi connectivity index (χ1v) is 11.6. The highest BCUT2D eigenvalue weighted by Gasteiger charge is 2.56. The molecule has 4 aliphatic carbocycles. The van der Waals surface area contributed by atoms with E-state index >= 15 is 0 Å². The first-order valence-electron chi connectivity index (χ1n) is 11.6. The second kappa shape index (κ2) is 7.10. The normalized spacial score (nSPS) is 39.8. The molecule has 6 atom stereocenters. The molecule has 2 radical (unpaired) electrons. The van der Waals surface area contributed by atoms with Gasteiger partial charge < -0.3 is 4.74 Å². The number of pyridine rings is 1. The van der Waals surface area contributed by atoms with Crippen LogP contribution in [0.1, 0.15) is 71.3 Å². The fourth-order valence-electron chi connectivity index (χ4n) is 7.54. The maximum Gasteiger partial charge on any atom is 0.302 e. The van der Waals surface area contributed by atoms with Gasteiger partial charge in [0.25, 0.3) is 0 Å². The lowest BCUT2D eigenvalue weighted by Gasteiger charge is -2.57. The van der Waals surface area contributed by atoms with Crippen molar-refractivity contribution in [1.82, 2.24) is 4.98 Å². The quantitative estimate of drug-likeness (QED) is 0.407. The average Bonchev–Trinajstić information content (AvgIpc) is 3.06. The van der Waals surface area contributed by atoms with Gasteiger partial charge in [-0.2, -0.15) is 0 Å². The molecule has 0 bridgehead atoms. The highest BCUT2D eigenvalue weighted by molar-refractivity contribution is 6.30. The molecule has 0 aliphatic heterocycles. The van der Waals surface area contributed by atoms with Crippen LogP contribution in [0.4, 0.5) is 0 Å². The third-order valence-electron chi connectivity index (χ3n) is 9.07. The van der Waals surface area contributed by atoms with Gasteiger partial charge in [0.1, 0.15) is 14.0 Å². The molecule has 1 aromatic rings. The van der Waals surface area contributed by atoms with E-state index in [1.165, 1.54) is 43.7 Å². The summed E-state index contributed by atoms with van der Waals surface area (Å²) in [6, 6.07) is 4.07. The van der Waals surface area contributed by atoms with Crippen LogP contribution in [0.5, 0.6) is 0 Å².